The van der Waals surface area contributed by atoms with Gasteiger partial charge in [0.2, 0.25) is 12.7 Å². The molecule has 1 atom stereocenters. The molecular formula is C16H15N3O4. The molecule has 1 aliphatic rings. The third-order valence-corrected chi connectivity index (χ3v) is 3.23. The van der Waals surface area contributed by atoms with Gasteiger partial charge in [0.1, 0.15) is 11.8 Å². The van der Waals surface area contributed by atoms with E-state index in [4.69, 9.17) is 20.1 Å². The fraction of sp³-hybridized carbons (Fsp3) is 0.125. The Morgan fingerprint density at radius 3 is 2.78 bits per heavy atom. The summed E-state index contributed by atoms with van der Waals surface area (Å²) in [6.07, 6.45) is 2.44. The molecule has 0 saturated heterocycles. The third kappa shape index (κ3) is 3.24. The van der Waals surface area contributed by atoms with Crippen LogP contribution in [0.15, 0.2) is 60.7 Å². The van der Waals surface area contributed by atoms with Gasteiger partial charge in [0.15, 0.2) is 11.9 Å². The Morgan fingerprint density at radius 1 is 1.26 bits per heavy atom. The molecule has 1 aromatic heterocycles. The highest BCUT2D eigenvalue weighted by Crippen LogP contribution is 2.31. The summed E-state index contributed by atoms with van der Waals surface area (Å²) in [6, 6.07) is 12.6. The van der Waals surface area contributed by atoms with Gasteiger partial charge in [0, 0.05) is 11.8 Å². The highest BCUT2D eigenvalue weighted by Gasteiger charge is 2.26. The van der Waals surface area contributed by atoms with Crippen LogP contribution in [0.3, 0.4) is 0 Å². The third-order valence-electron chi connectivity index (χ3n) is 3.23. The number of ether oxygens (including phenoxy) is 3. The second-order valence-electron chi connectivity index (χ2n) is 4.69. The summed E-state index contributed by atoms with van der Waals surface area (Å²) in [5.74, 6) is 5.36. The summed E-state index contributed by atoms with van der Waals surface area (Å²) in [5.41, 5.74) is 3.15. The van der Waals surface area contributed by atoms with Gasteiger partial charge in [-0.15, -0.1) is 0 Å². The molecule has 2 heterocycles. The van der Waals surface area contributed by atoms with Crippen LogP contribution in [0.25, 0.3) is 0 Å². The van der Waals surface area contributed by atoms with Crippen LogP contribution in [0.5, 0.6) is 5.88 Å². The first kappa shape index (κ1) is 14.9. The van der Waals surface area contributed by atoms with Crippen molar-refractivity contribution < 1.29 is 19.0 Å². The van der Waals surface area contributed by atoms with Gasteiger partial charge in [-0.05, 0) is 12.1 Å². The molecule has 0 spiro atoms. The Labute approximate surface area is 132 Å². The lowest BCUT2D eigenvalue weighted by molar-refractivity contribution is 0.0541. The van der Waals surface area contributed by atoms with E-state index < -0.39 is 12.0 Å². The normalized spacial score (nSPS) is 14.2. The largest absolute Gasteiger partial charge is 0.461 e. The number of amides is 1. The molecule has 0 aliphatic carbocycles. The molecule has 1 aromatic carbocycles. The van der Waals surface area contributed by atoms with Crippen molar-refractivity contribution in [3.63, 3.8) is 0 Å². The molecule has 2 aromatic rings. The van der Waals surface area contributed by atoms with Crippen LogP contribution in [0.2, 0.25) is 0 Å². The van der Waals surface area contributed by atoms with Crippen molar-refractivity contribution in [2.24, 2.45) is 5.84 Å². The van der Waals surface area contributed by atoms with Crippen LogP contribution in [0.4, 0.5) is 0 Å². The fourth-order valence-electron chi connectivity index (χ4n) is 2.15. The molecule has 1 unspecified atom stereocenters. The average Bonchev–Trinajstić information content (AvgIpc) is 3.14. The van der Waals surface area contributed by atoms with Gasteiger partial charge in [-0.25, -0.2) is 10.8 Å². The topological polar surface area (TPSA) is 95.7 Å². The zero-order valence-electron chi connectivity index (χ0n) is 12.1. The van der Waals surface area contributed by atoms with E-state index in [0.29, 0.717) is 5.76 Å². The summed E-state index contributed by atoms with van der Waals surface area (Å²) in [7, 11) is 0. The number of nitrogens with two attached hydrogens (primary N) is 1. The van der Waals surface area contributed by atoms with Crippen LogP contribution in [0.1, 0.15) is 22.0 Å². The molecule has 0 bridgehead atoms. The number of hydrazine groups is 1. The number of hydrogen-bond acceptors (Lipinski definition) is 6. The number of aromatic nitrogens is 1. The quantitative estimate of drug-likeness (QED) is 0.495. The number of carbonyl (C=O) groups excluding carboxylic acids is 1. The SMILES string of the molecule is NNC(=O)c1cccnc1OC(C1=COCO1)c1ccccc1. The summed E-state index contributed by atoms with van der Waals surface area (Å²) in [4.78, 5) is 16.0. The van der Waals surface area contributed by atoms with Crippen molar-refractivity contribution in [1.82, 2.24) is 10.4 Å². The summed E-state index contributed by atoms with van der Waals surface area (Å²) in [5, 5.41) is 0. The predicted octanol–water partition coefficient (Wildman–Crippen LogP) is 1.65. The molecule has 1 aliphatic heterocycles. The van der Waals surface area contributed by atoms with Crippen LogP contribution < -0.4 is 16.0 Å². The van der Waals surface area contributed by atoms with E-state index in [9.17, 15) is 4.79 Å². The molecule has 1 amide bonds. The van der Waals surface area contributed by atoms with E-state index in [-0.39, 0.29) is 18.2 Å². The second-order valence-corrected chi connectivity index (χ2v) is 4.69. The number of nitrogens with zero attached hydrogens (tertiary/aromatic N) is 1. The number of pyridine rings is 1. The minimum absolute atomic E-state index is 0.125. The Hall–Kier alpha value is -3.06. The summed E-state index contributed by atoms with van der Waals surface area (Å²) < 4.78 is 16.5. The van der Waals surface area contributed by atoms with Gasteiger partial charge >= 0.3 is 0 Å². The molecule has 0 saturated carbocycles. The van der Waals surface area contributed by atoms with E-state index in [1.165, 1.54) is 12.5 Å². The molecule has 3 rings (SSSR count). The lowest BCUT2D eigenvalue weighted by Gasteiger charge is -2.19. The van der Waals surface area contributed by atoms with E-state index in [1.807, 2.05) is 30.3 Å². The number of carbonyl (C=O) groups is 1. The van der Waals surface area contributed by atoms with Gasteiger partial charge in [-0.1, -0.05) is 30.3 Å². The summed E-state index contributed by atoms with van der Waals surface area (Å²) in [6.45, 7) is 0.125. The standard InChI is InChI=1S/C16H15N3O4/c17-19-15(20)12-7-4-8-18-16(12)23-14(13-9-21-10-22-13)11-5-2-1-3-6-11/h1-9,14H,10,17H2,(H,19,20). The second kappa shape index (κ2) is 6.80. The zero-order chi connectivity index (χ0) is 16.1. The number of nitrogen functional groups attached to an aromatic ring is 1. The predicted molar refractivity (Wildman–Crippen MR) is 80.8 cm³/mol. The molecule has 23 heavy (non-hydrogen) atoms. The first-order chi connectivity index (χ1) is 11.3. The average molecular weight is 313 g/mol. The molecule has 0 radical (unpaired) electrons. The first-order valence-corrected chi connectivity index (χ1v) is 6.91. The maximum Gasteiger partial charge on any atom is 0.270 e. The van der Waals surface area contributed by atoms with E-state index in [1.54, 1.807) is 12.1 Å². The molecule has 7 heteroatoms. The van der Waals surface area contributed by atoms with Crippen molar-refractivity contribution in [1.29, 1.82) is 0 Å². The minimum Gasteiger partial charge on any atom is -0.461 e. The molecule has 7 nitrogen and oxygen atoms in total. The molecule has 0 fully saturated rings. The van der Waals surface area contributed by atoms with Gasteiger partial charge in [-0.2, -0.15) is 0 Å². The number of nitrogens with one attached hydrogen (secondary N) is 1. The zero-order valence-corrected chi connectivity index (χ0v) is 12.1. The van der Waals surface area contributed by atoms with Crippen molar-refractivity contribution in [2.75, 3.05) is 6.79 Å². The maximum atomic E-state index is 11.8. The molecule has 118 valence electrons. The Balaban J connectivity index is 1.95. The van der Waals surface area contributed by atoms with Gasteiger partial charge in [0.25, 0.3) is 5.91 Å². The fourth-order valence-corrected chi connectivity index (χ4v) is 2.15. The van der Waals surface area contributed by atoms with Crippen LogP contribution in [-0.4, -0.2) is 17.7 Å². The smallest absolute Gasteiger partial charge is 0.270 e. The Kier molecular flexibility index (Phi) is 4.39. The highest BCUT2D eigenvalue weighted by atomic mass is 16.7. The van der Waals surface area contributed by atoms with Crippen molar-refractivity contribution in [2.45, 2.75) is 6.10 Å². The number of benzene rings is 1. The van der Waals surface area contributed by atoms with Crippen LogP contribution in [0, 0.1) is 0 Å². The first-order valence-electron chi connectivity index (χ1n) is 6.91. The van der Waals surface area contributed by atoms with Gasteiger partial charge in [0.05, 0.1) is 0 Å². The Bertz CT molecular complexity index is 718. The Morgan fingerprint density at radius 2 is 2.09 bits per heavy atom. The number of hydrogen-bond donors (Lipinski definition) is 2. The molecule has 3 N–H and O–H groups in total. The van der Waals surface area contributed by atoms with Crippen molar-refractivity contribution in [3.05, 3.63) is 71.8 Å². The lowest BCUT2D eigenvalue weighted by Crippen LogP contribution is -2.30. The molecular weight excluding hydrogens is 298 g/mol. The van der Waals surface area contributed by atoms with Crippen LogP contribution >= 0.6 is 0 Å². The maximum absolute atomic E-state index is 11.8. The van der Waals surface area contributed by atoms with E-state index >= 15 is 0 Å². The van der Waals surface area contributed by atoms with Crippen molar-refractivity contribution >= 4 is 5.91 Å². The van der Waals surface area contributed by atoms with Crippen molar-refractivity contribution in [3.8, 4) is 5.88 Å². The van der Waals surface area contributed by atoms with E-state index in [2.05, 4.69) is 10.4 Å². The summed E-state index contributed by atoms with van der Waals surface area (Å²) >= 11 is 0. The lowest BCUT2D eigenvalue weighted by atomic mass is 10.1. The highest BCUT2D eigenvalue weighted by molar-refractivity contribution is 5.95. The number of rotatable bonds is 5. The van der Waals surface area contributed by atoms with E-state index in [0.717, 1.165) is 5.56 Å². The minimum atomic E-state index is -0.585. The van der Waals surface area contributed by atoms with Gasteiger partial charge in [-0.3, -0.25) is 10.2 Å². The monoisotopic (exact) mass is 313 g/mol. The van der Waals surface area contributed by atoms with Crippen LogP contribution in [-0.2, 0) is 9.47 Å². The van der Waals surface area contributed by atoms with Gasteiger partial charge < -0.3 is 14.2 Å².